The molecule has 1 N–H and O–H groups in total. The average Bonchev–Trinajstić information content (AvgIpc) is 2.39. The number of aryl methyl sites for hydroxylation is 1. The van der Waals surface area contributed by atoms with Gasteiger partial charge in [-0.1, -0.05) is 6.92 Å². The van der Waals surface area contributed by atoms with E-state index < -0.39 is 0 Å². The van der Waals surface area contributed by atoms with E-state index in [1.807, 2.05) is 0 Å². The van der Waals surface area contributed by atoms with E-state index in [2.05, 4.69) is 33.0 Å². The average molecular weight is 263 g/mol. The second kappa shape index (κ2) is 5.87. The number of anilines is 1. The van der Waals surface area contributed by atoms with Gasteiger partial charge in [0.25, 0.3) is 0 Å². The van der Waals surface area contributed by atoms with Crippen molar-refractivity contribution in [1.29, 1.82) is 0 Å². The Morgan fingerprint density at radius 1 is 1.26 bits per heavy atom. The minimum absolute atomic E-state index is 0.320. The molecule has 1 atom stereocenters. The molecule has 106 valence electrons. The molecule has 1 unspecified atom stereocenters. The van der Waals surface area contributed by atoms with Gasteiger partial charge in [-0.2, -0.15) is 0 Å². The van der Waals surface area contributed by atoms with E-state index in [0.717, 1.165) is 49.8 Å². The summed E-state index contributed by atoms with van der Waals surface area (Å²) in [6, 6.07) is 0. The predicted molar refractivity (Wildman–Crippen MR) is 77.5 cm³/mol. The maximum absolute atomic E-state index is 5.96. The zero-order valence-electron chi connectivity index (χ0n) is 12.5. The SMILES string of the molecule is CCNc1nc(C2(C)CCCCO2)nc(C)c1CC. The molecule has 0 aromatic carbocycles. The minimum atomic E-state index is -0.320. The highest BCUT2D eigenvalue weighted by Crippen LogP contribution is 2.34. The lowest BCUT2D eigenvalue weighted by molar-refractivity contribution is -0.0760. The van der Waals surface area contributed by atoms with Crippen LogP contribution in [0, 0.1) is 6.92 Å². The monoisotopic (exact) mass is 263 g/mol. The van der Waals surface area contributed by atoms with Gasteiger partial charge in [0.1, 0.15) is 11.4 Å². The molecule has 2 rings (SSSR count). The molecule has 4 heteroatoms. The maximum Gasteiger partial charge on any atom is 0.162 e. The van der Waals surface area contributed by atoms with Crippen molar-refractivity contribution in [3.05, 3.63) is 17.1 Å². The molecule has 0 bridgehead atoms. The summed E-state index contributed by atoms with van der Waals surface area (Å²) in [6.07, 6.45) is 4.28. The second-order valence-electron chi connectivity index (χ2n) is 5.38. The normalized spacial score (nSPS) is 23.4. The highest BCUT2D eigenvalue weighted by molar-refractivity contribution is 5.46. The van der Waals surface area contributed by atoms with Gasteiger partial charge in [0.2, 0.25) is 0 Å². The predicted octanol–water partition coefficient (Wildman–Crippen LogP) is 3.19. The molecule has 2 heterocycles. The highest BCUT2D eigenvalue weighted by atomic mass is 16.5. The Morgan fingerprint density at radius 2 is 2.05 bits per heavy atom. The first-order chi connectivity index (χ1) is 9.10. The third-order valence-corrected chi connectivity index (χ3v) is 3.85. The van der Waals surface area contributed by atoms with E-state index in [-0.39, 0.29) is 5.60 Å². The van der Waals surface area contributed by atoms with Gasteiger partial charge in [0.05, 0.1) is 0 Å². The largest absolute Gasteiger partial charge is 0.370 e. The standard InChI is InChI=1S/C15H25N3O/c1-5-12-11(3)17-14(18-13(12)16-6-2)15(4)9-7-8-10-19-15/h5-10H2,1-4H3,(H,16,17,18). The van der Waals surface area contributed by atoms with Crippen molar-refractivity contribution < 1.29 is 4.74 Å². The molecule has 0 saturated carbocycles. The molecular weight excluding hydrogens is 238 g/mol. The summed E-state index contributed by atoms with van der Waals surface area (Å²) in [5.41, 5.74) is 1.96. The van der Waals surface area contributed by atoms with Crippen LogP contribution in [0.4, 0.5) is 5.82 Å². The number of hydrogen-bond acceptors (Lipinski definition) is 4. The summed E-state index contributed by atoms with van der Waals surface area (Å²) < 4.78 is 5.96. The maximum atomic E-state index is 5.96. The summed E-state index contributed by atoms with van der Waals surface area (Å²) in [7, 11) is 0. The Morgan fingerprint density at radius 3 is 2.63 bits per heavy atom. The van der Waals surface area contributed by atoms with Gasteiger partial charge in [-0.05, 0) is 46.5 Å². The van der Waals surface area contributed by atoms with Gasteiger partial charge in [-0.3, -0.25) is 0 Å². The first-order valence-electron chi connectivity index (χ1n) is 7.36. The molecule has 19 heavy (non-hydrogen) atoms. The Balaban J connectivity index is 2.40. The van der Waals surface area contributed by atoms with Crippen LogP contribution in [-0.4, -0.2) is 23.1 Å². The van der Waals surface area contributed by atoms with Crippen molar-refractivity contribution in [3.63, 3.8) is 0 Å². The first kappa shape index (κ1) is 14.3. The second-order valence-corrected chi connectivity index (χ2v) is 5.38. The molecule has 1 aromatic rings. The lowest BCUT2D eigenvalue weighted by Crippen LogP contribution is -2.33. The van der Waals surface area contributed by atoms with Crippen LogP contribution in [0.3, 0.4) is 0 Å². The van der Waals surface area contributed by atoms with E-state index in [1.165, 1.54) is 12.0 Å². The Bertz CT molecular complexity index is 439. The molecule has 0 radical (unpaired) electrons. The fourth-order valence-electron chi connectivity index (χ4n) is 2.68. The lowest BCUT2D eigenvalue weighted by Gasteiger charge is -2.33. The van der Waals surface area contributed by atoms with Gasteiger partial charge < -0.3 is 10.1 Å². The highest BCUT2D eigenvalue weighted by Gasteiger charge is 2.33. The number of rotatable bonds is 4. The van der Waals surface area contributed by atoms with Crippen LogP contribution in [0.2, 0.25) is 0 Å². The van der Waals surface area contributed by atoms with E-state index >= 15 is 0 Å². The van der Waals surface area contributed by atoms with Gasteiger partial charge in [-0.15, -0.1) is 0 Å². The van der Waals surface area contributed by atoms with Crippen LogP contribution < -0.4 is 5.32 Å². The molecule has 1 fully saturated rings. The van der Waals surface area contributed by atoms with Gasteiger partial charge in [0.15, 0.2) is 5.82 Å². The third-order valence-electron chi connectivity index (χ3n) is 3.85. The van der Waals surface area contributed by atoms with Crippen molar-refractivity contribution in [2.45, 2.75) is 59.0 Å². The summed E-state index contributed by atoms with van der Waals surface area (Å²) >= 11 is 0. The molecule has 1 saturated heterocycles. The third kappa shape index (κ3) is 2.89. The molecule has 0 amide bonds. The smallest absolute Gasteiger partial charge is 0.162 e. The van der Waals surface area contributed by atoms with E-state index in [0.29, 0.717) is 0 Å². The number of nitrogens with one attached hydrogen (secondary N) is 1. The Labute approximate surface area is 116 Å². The van der Waals surface area contributed by atoms with Gasteiger partial charge in [0, 0.05) is 24.4 Å². The zero-order valence-corrected chi connectivity index (χ0v) is 12.5. The van der Waals surface area contributed by atoms with Crippen molar-refractivity contribution in [1.82, 2.24) is 9.97 Å². The minimum Gasteiger partial charge on any atom is -0.370 e. The molecule has 0 spiro atoms. The number of nitrogens with zero attached hydrogens (tertiary/aromatic N) is 2. The van der Waals surface area contributed by atoms with E-state index in [9.17, 15) is 0 Å². The molecule has 1 aliphatic heterocycles. The van der Waals surface area contributed by atoms with Gasteiger partial charge in [-0.25, -0.2) is 9.97 Å². The van der Waals surface area contributed by atoms with Crippen molar-refractivity contribution in [2.24, 2.45) is 0 Å². The van der Waals surface area contributed by atoms with Crippen LogP contribution in [0.15, 0.2) is 0 Å². The van der Waals surface area contributed by atoms with E-state index in [1.54, 1.807) is 0 Å². The Hall–Kier alpha value is -1.16. The first-order valence-corrected chi connectivity index (χ1v) is 7.36. The number of hydrogen-bond donors (Lipinski definition) is 1. The number of aromatic nitrogens is 2. The Kier molecular flexibility index (Phi) is 4.40. The fraction of sp³-hybridized carbons (Fsp3) is 0.733. The van der Waals surface area contributed by atoms with Crippen LogP contribution in [0.5, 0.6) is 0 Å². The summed E-state index contributed by atoms with van der Waals surface area (Å²) in [6.45, 7) is 10.1. The summed E-state index contributed by atoms with van der Waals surface area (Å²) in [4.78, 5) is 9.45. The molecule has 1 aliphatic rings. The van der Waals surface area contributed by atoms with E-state index in [4.69, 9.17) is 14.7 Å². The lowest BCUT2D eigenvalue weighted by atomic mass is 9.94. The molecule has 0 aliphatic carbocycles. The van der Waals surface area contributed by atoms with Gasteiger partial charge >= 0.3 is 0 Å². The van der Waals surface area contributed by atoms with Crippen LogP contribution in [0.25, 0.3) is 0 Å². The van der Waals surface area contributed by atoms with Crippen LogP contribution in [-0.2, 0) is 16.8 Å². The van der Waals surface area contributed by atoms with Crippen molar-refractivity contribution >= 4 is 5.82 Å². The molecule has 4 nitrogen and oxygen atoms in total. The summed E-state index contributed by atoms with van der Waals surface area (Å²) in [5, 5.41) is 3.36. The van der Waals surface area contributed by atoms with Crippen molar-refractivity contribution in [3.8, 4) is 0 Å². The number of ether oxygens (including phenoxy) is 1. The van der Waals surface area contributed by atoms with Crippen molar-refractivity contribution in [2.75, 3.05) is 18.5 Å². The van der Waals surface area contributed by atoms with Crippen LogP contribution in [0.1, 0.15) is 57.1 Å². The quantitative estimate of drug-likeness (QED) is 0.906. The zero-order chi connectivity index (χ0) is 13.9. The molecular formula is C15H25N3O. The fourth-order valence-corrected chi connectivity index (χ4v) is 2.68. The topological polar surface area (TPSA) is 47.0 Å². The van der Waals surface area contributed by atoms with Crippen LogP contribution >= 0.6 is 0 Å². The summed E-state index contributed by atoms with van der Waals surface area (Å²) in [5.74, 6) is 1.81. The molecule has 1 aromatic heterocycles.